The van der Waals surface area contributed by atoms with E-state index < -0.39 is 0 Å². The first-order chi connectivity index (χ1) is 11.6. The lowest BCUT2D eigenvalue weighted by molar-refractivity contribution is 0.0830. The Hall–Kier alpha value is -1.69. The maximum absolute atomic E-state index is 9.21. The number of aliphatic hydroxyl groups is 1. The van der Waals surface area contributed by atoms with Gasteiger partial charge in [-0.3, -0.25) is 9.58 Å². The molecule has 130 valence electrons. The first-order valence-electron chi connectivity index (χ1n) is 8.71. The summed E-state index contributed by atoms with van der Waals surface area (Å²) in [5, 5.41) is 13.8. The fourth-order valence-corrected chi connectivity index (χ4v) is 3.62. The molecule has 0 bridgehead atoms. The molecule has 1 atom stereocenters. The fourth-order valence-electron chi connectivity index (χ4n) is 3.62. The van der Waals surface area contributed by atoms with E-state index in [2.05, 4.69) is 66.1 Å². The van der Waals surface area contributed by atoms with Crippen LogP contribution in [0.1, 0.15) is 28.6 Å². The van der Waals surface area contributed by atoms with E-state index in [0.717, 1.165) is 31.9 Å². The van der Waals surface area contributed by atoms with E-state index in [1.807, 2.05) is 4.68 Å². The zero-order chi connectivity index (χ0) is 17.1. The van der Waals surface area contributed by atoms with E-state index in [1.165, 1.54) is 16.8 Å². The Balaban J connectivity index is 1.85. The van der Waals surface area contributed by atoms with E-state index in [0.29, 0.717) is 12.6 Å². The summed E-state index contributed by atoms with van der Waals surface area (Å²) in [4.78, 5) is 4.97. The van der Waals surface area contributed by atoms with Crippen molar-refractivity contribution in [1.29, 1.82) is 0 Å². The Bertz CT molecular complexity index is 668. The van der Waals surface area contributed by atoms with Gasteiger partial charge in [0.25, 0.3) is 0 Å². The summed E-state index contributed by atoms with van der Waals surface area (Å²) in [5.74, 6) is 0. The van der Waals surface area contributed by atoms with E-state index in [1.54, 1.807) is 0 Å². The van der Waals surface area contributed by atoms with Crippen LogP contribution in [0.5, 0.6) is 0 Å². The van der Waals surface area contributed by atoms with Crippen LogP contribution in [0.15, 0.2) is 30.3 Å². The first kappa shape index (κ1) is 17.1. The van der Waals surface area contributed by atoms with Crippen molar-refractivity contribution < 1.29 is 5.11 Å². The van der Waals surface area contributed by atoms with Crippen LogP contribution in [-0.2, 0) is 13.1 Å². The molecule has 1 unspecified atom stereocenters. The summed E-state index contributed by atoms with van der Waals surface area (Å²) in [5.41, 5.74) is 4.93. The van der Waals surface area contributed by atoms with Crippen LogP contribution < -0.4 is 0 Å². The number of aromatic nitrogens is 2. The normalized spacial score (nSPS) is 19.8. The van der Waals surface area contributed by atoms with Crippen molar-refractivity contribution in [2.75, 3.05) is 33.3 Å². The van der Waals surface area contributed by atoms with Gasteiger partial charge < -0.3 is 10.0 Å². The molecule has 0 radical (unpaired) electrons. The second-order valence-electron chi connectivity index (χ2n) is 6.76. The van der Waals surface area contributed by atoms with Gasteiger partial charge in [-0.1, -0.05) is 30.3 Å². The van der Waals surface area contributed by atoms with Gasteiger partial charge in [-0.05, 0) is 26.5 Å². The summed E-state index contributed by atoms with van der Waals surface area (Å²) >= 11 is 0. The number of hydrogen-bond acceptors (Lipinski definition) is 4. The lowest BCUT2D eigenvalue weighted by Crippen LogP contribution is -2.46. The molecule has 1 aliphatic rings. The molecule has 2 aromatic rings. The molecule has 0 spiro atoms. The van der Waals surface area contributed by atoms with E-state index in [9.17, 15) is 5.11 Å². The third kappa shape index (κ3) is 3.53. The molecule has 1 aromatic carbocycles. The maximum atomic E-state index is 9.21. The Kier molecular flexibility index (Phi) is 5.33. The van der Waals surface area contributed by atoms with Gasteiger partial charge in [0.2, 0.25) is 0 Å². The fraction of sp³-hybridized carbons (Fsp3) is 0.526. The van der Waals surface area contributed by atoms with E-state index >= 15 is 0 Å². The van der Waals surface area contributed by atoms with Gasteiger partial charge >= 0.3 is 0 Å². The Morgan fingerprint density at radius 2 is 1.92 bits per heavy atom. The van der Waals surface area contributed by atoms with Crippen molar-refractivity contribution >= 4 is 0 Å². The van der Waals surface area contributed by atoms with Crippen molar-refractivity contribution in [3.63, 3.8) is 0 Å². The number of aliphatic hydroxyl groups excluding tert-OH is 1. The smallest absolute Gasteiger partial charge is 0.0644 e. The highest BCUT2D eigenvalue weighted by Crippen LogP contribution is 2.28. The van der Waals surface area contributed by atoms with Gasteiger partial charge in [0.05, 0.1) is 18.8 Å². The number of likely N-dealkylation sites (N-methyl/N-ethyl adjacent to an activating group) is 1. The van der Waals surface area contributed by atoms with Gasteiger partial charge in [-0.2, -0.15) is 5.10 Å². The molecular weight excluding hydrogens is 300 g/mol. The van der Waals surface area contributed by atoms with Crippen LogP contribution in [0.2, 0.25) is 0 Å². The minimum Gasteiger partial charge on any atom is -0.394 e. The second-order valence-corrected chi connectivity index (χ2v) is 6.76. The molecule has 0 aliphatic carbocycles. The van der Waals surface area contributed by atoms with Crippen LogP contribution in [-0.4, -0.2) is 58.0 Å². The Morgan fingerprint density at radius 1 is 1.17 bits per heavy atom. The molecule has 3 rings (SSSR count). The van der Waals surface area contributed by atoms with Crippen molar-refractivity contribution in [2.24, 2.45) is 0 Å². The number of benzene rings is 1. The van der Waals surface area contributed by atoms with Gasteiger partial charge in [-0.15, -0.1) is 0 Å². The highest BCUT2D eigenvalue weighted by molar-refractivity contribution is 5.26. The average Bonchev–Trinajstić information content (AvgIpc) is 2.85. The number of aryl methyl sites for hydroxylation is 1. The minimum absolute atomic E-state index is 0.128. The molecular formula is C19H28N4O. The van der Waals surface area contributed by atoms with Crippen LogP contribution in [0.3, 0.4) is 0 Å². The quantitative estimate of drug-likeness (QED) is 0.912. The number of hydrogen-bond donors (Lipinski definition) is 1. The monoisotopic (exact) mass is 328 g/mol. The molecule has 0 amide bonds. The highest BCUT2D eigenvalue weighted by atomic mass is 16.3. The van der Waals surface area contributed by atoms with Crippen molar-refractivity contribution in [3.05, 3.63) is 52.8 Å². The van der Waals surface area contributed by atoms with Crippen molar-refractivity contribution in [1.82, 2.24) is 19.6 Å². The first-order valence-corrected chi connectivity index (χ1v) is 8.71. The van der Waals surface area contributed by atoms with Gasteiger partial charge in [0.15, 0.2) is 0 Å². The molecule has 1 saturated heterocycles. The van der Waals surface area contributed by atoms with Crippen molar-refractivity contribution in [2.45, 2.75) is 33.0 Å². The van der Waals surface area contributed by atoms with Crippen LogP contribution in [0.4, 0.5) is 0 Å². The molecule has 5 nitrogen and oxygen atoms in total. The second kappa shape index (κ2) is 7.47. The molecule has 1 N–H and O–H groups in total. The molecule has 1 fully saturated rings. The van der Waals surface area contributed by atoms with Crippen LogP contribution >= 0.6 is 0 Å². The van der Waals surface area contributed by atoms with Crippen LogP contribution in [0.25, 0.3) is 0 Å². The van der Waals surface area contributed by atoms with Crippen molar-refractivity contribution in [3.8, 4) is 0 Å². The lowest BCUT2D eigenvalue weighted by Gasteiger charge is -2.40. The lowest BCUT2D eigenvalue weighted by atomic mass is 10.0. The minimum atomic E-state index is 0.128. The summed E-state index contributed by atoms with van der Waals surface area (Å²) in [6.07, 6.45) is 0. The highest BCUT2D eigenvalue weighted by Gasteiger charge is 2.28. The predicted octanol–water partition coefficient (Wildman–Crippen LogP) is 1.98. The Morgan fingerprint density at radius 3 is 2.62 bits per heavy atom. The van der Waals surface area contributed by atoms with Gasteiger partial charge in [0.1, 0.15) is 0 Å². The largest absolute Gasteiger partial charge is 0.394 e. The van der Waals surface area contributed by atoms with E-state index in [-0.39, 0.29) is 6.61 Å². The molecule has 5 heteroatoms. The summed E-state index contributed by atoms with van der Waals surface area (Å²) in [7, 11) is 2.20. The zero-order valence-corrected chi connectivity index (χ0v) is 14.9. The molecule has 24 heavy (non-hydrogen) atoms. The SMILES string of the molecule is Cc1nn(CCO)c(C)c1CN1CCN(C)CC1c1ccccc1. The average molecular weight is 328 g/mol. The molecule has 0 saturated carbocycles. The van der Waals surface area contributed by atoms with Crippen LogP contribution in [0, 0.1) is 13.8 Å². The Labute approximate surface area is 144 Å². The molecule has 1 aromatic heterocycles. The number of nitrogens with zero attached hydrogens (tertiary/aromatic N) is 4. The summed E-state index contributed by atoms with van der Waals surface area (Å²) in [6, 6.07) is 11.2. The zero-order valence-electron chi connectivity index (χ0n) is 14.9. The third-order valence-corrected chi connectivity index (χ3v) is 5.08. The van der Waals surface area contributed by atoms with Gasteiger partial charge in [-0.25, -0.2) is 0 Å². The predicted molar refractivity (Wildman–Crippen MR) is 95.9 cm³/mol. The maximum Gasteiger partial charge on any atom is 0.0644 e. The van der Waals surface area contributed by atoms with E-state index in [4.69, 9.17) is 0 Å². The molecule has 1 aliphatic heterocycles. The molecule has 2 heterocycles. The topological polar surface area (TPSA) is 44.5 Å². The summed E-state index contributed by atoms with van der Waals surface area (Å²) in [6.45, 7) is 8.98. The van der Waals surface area contributed by atoms with Gasteiger partial charge in [0, 0.05) is 43.5 Å². The number of piperazine rings is 1. The number of rotatable bonds is 5. The standard InChI is InChI=1S/C19H28N4O/c1-15-18(16(2)23(20-15)11-12-24)13-22-10-9-21(3)14-19(22)17-7-5-4-6-8-17/h4-8,19,24H,9-14H2,1-3H3. The third-order valence-electron chi connectivity index (χ3n) is 5.08. The summed E-state index contributed by atoms with van der Waals surface area (Å²) < 4.78 is 1.93.